The van der Waals surface area contributed by atoms with Gasteiger partial charge in [-0.1, -0.05) is 6.07 Å². The van der Waals surface area contributed by atoms with Gasteiger partial charge in [0.25, 0.3) is 0 Å². The van der Waals surface area contributed by atoms with E-state index in [0.717, 1.165) is 12.2 Å². The highest BCUT2D eigenvalue weighted by molar-refractivity contribution is 5.41. The SMILES string of the molecule is Cc1cc(C)c(C)c(OCCCN)c1. The molecule has 0 unspecified atom stereocenters. The molecule has 0 bridgehead atoms. The van der Waals surface area contributed by atoms with Gasteiger partial charge in [0.2, 0.25) is 0 Å². The molecule has 0 heterocycles. The molecule has 14 heavy (non-hydrogen) atoms. The highest BCUT2D eigenvalue weighted by atomic mass is 16.5. The molecular weight excluding hydrogens is 174 g/mol. The van der Waals surface area contributed by atoms with Crippen LogP contribution in [-0.4, -0.2) is 13.2 Å². The Bertz CT molecular complexity index is 307. The summed E-state index contributed by atoms with van der Waals surface area (Å²) >= 11 is 0. The van der Waals surface area contributed by atoms with Crippen molar-refractivity contribution in [1.29, 1.82) is 0 Å². The van der Waals surface area contributed by atoms with Gasteiger partial charge in [0.1, 0.15) is 5.75 Å². The largest absolute Gasteiger partial charge is 0.493 e. The van der Waals surface area contributed by atoms with Crippen LogP contribution in [0.2, 0.25) is 0 Å². The van der Waals surface area contributed by atoms with E-state index in [1.54, 1.807) is 0 Å². The fourth-order valence-electron chi connectivity index (χ4n) is 1.42. The van der Waals surface area contributed by atoms with E-state index in [2.05, 4.69) is 32.9 Å². The summed E-state index contributed by atoms with van der Waals surface area (Å²) in [5.74, 6) is 0.996. The maximum Gasteiger partial charge on any atom is 0.122 e. The molecule has 0 aromatic heterocycles. The summed E-state index contributed by atoms with van der Waals surface area (Å²) in [6, 6.07) is 4.25. The second kappa shape index (κ2) is 5.01. The molecule has 0 amide bonds. The van der Waals surface area contributed by atoms with Gasteiger partial charge in [-0.05, 0) is 56.5 Å². The normalized spacial score (nSPS) is 10.3. The summed E-state index contributed by atoms with van der Waals surface area (Å²) in [7, 11) is 0. The molecule has 2 N–H and O–H groups in total. The summed E-state index contributed by atoms with van der Waals surface area (Å²) in [6.45, 7) is 7.68. The molecule has 0 aliphatic heterocycles. The number of hydrogen-bond donors (Lipinski definition) is 1. The van der Waals surface area contributed by atoms with Crippen LogP contribution < -0.4 is 10.5 Å². The van der Waals surface area contributed by atoms with Crippen molar-refractivity contribution >= 4 is 0 Å². The molecule has 0 fully saturated rings. The molecule has 0 saturated heterocycles. The van der Waals surface area contributed by atoms with Crippen LogP contribution >= 0.6 is 0 Å². The quantitative estimate of drug-likeness (QED) is 0.745. The molecule has 0 radical (unpaired) electrons. The summed E-state index contributed by atoms with van der Waals surface area (Å²) in [5.41, 5.74) is 9.17. The van der Waals surface area contributed by atoms with Gasteiger partial charge in [-0.3, -0.25) is 0 Å². The smallest absolute Gasteiger partial charge is 0.122 e. The van der Waals surface area contributed by atoms with Crippen LogP contribution in [0.5, 0.6) is 5.75 Å². The fraction of sp³-hybridized carbons (Fsp3) is 0.500. The van der Waals surface area contributed by atoms with Gasteiger partial charge in [0, 0.05) is 0 Å². The molecule has 1 aromatic carbocycles. The van der Waals surface area contributed by atoms with Crippen molar-refractivity contribution in [3.8, 4) is 5.75 Å². The average Bonchev–Trinajstić information content (AvgIpc) is 2.13. The van der Waals surface area contributed by atoms with Gasteiger partial charge in [-0.25, -0.2) is 0 Å². The van der Waals surface area contributed by atoms with Crippen LogP contribution in [0.1, 0.15) is 23.1 Å². The number of nitrogens with two attached hydrogens (primary N) is 1. The molecule has 1 rings (SSSR count). The van der Waals surface area contributed by atoms with Crippen molar-refractivity contribution in [2.24, 2.45) is 5.73 Å². The molecular formula is C12H19NO. The zero-order valence-electron chi connectivity index (χ0n) is 9.26. The molecule has 78 valence electrons. The minimum Gasteiger partial charge on any atom is -0.493 e. The second-order valence-corrected chi connectivity index (χ2v) is 3.70. The standard InChI is InChI=1S/C12H19NO/c1-9-7-10(2)11(3)12(8-9)14-6-4-5-13/h7-8H,4-6,13H2,1-3H3. The van der Waals surface area contributed by atoms with E-state index in [-0.39, 0.29) is 0 Å². The summed E-state index contributed by atoms with van der Waals surface area (Å²) in [4.78, 5) is 0. The number of rotatable bonds is 4. The van der Waals surface area contributed by atoms with Crippen molar-refractivity contribution in [1.82, 2.24) is 0 Å². The lowest BCUT2D eigenvalue weighted by Crippen LogP contribution is -2.07. The van der Waals surface area contributed by atoms with E-state index < -0.39 is 0 Å². The molecule has 2 nitrogen and oxygen atoms in total. The minimum absolute atomic E-state index is 0.684. The van der Waals surface area contributed by atoms with Crippen LogP contribution in [0.15, 0.2) is 12.1 Å². The molecule has 2 heteroatoms. The van der Waals surface area contributed by atoms with Gasteiger partial charge in [-0.2, -0.15) is 0 Å². The topological polar surface area (TPSA) is 35.2 Å². The van der Waals surface area contributed by atoms with Gasteiger partial charge in [0.05, 0.1) is 6.61 Å². The molecule has 0 aliphatic carbocycles. The zero-order valence-corrected chi connectivity index (χ0v) is 9.26. The van der Waals surface area contributed by atoms with Crippen molar-refractivity contribution in [3.63, 3.8) is 0 Å². The van der Waals surface area contributed by atoms with Gasteiger partial charge in [0.15, 0.2) is 0 Å². The lowest BCUT2D eigenvalue weighted by atomic mass is 10.1. The minimum atomic E-state index is 0.684. The fourth-order valence-corrected chi connectivity index (χ4v) is 1.42. The Kier molecular flexibility index (Phi) is 3.96. The number of ether oxygens (including phenoxy) is 1. The van der Waals surface area contributed by atoms with Crippen molar-refractivity contribution in [2.45, 2.75) is 27.2 Å². The third-order valence-corrected chi connectivity index (χ3v) is 2.37. The van der Waals surface area contributed by atoms with Crippen LogP contribution in [0.4, 0.5) is 0 Å². The number of aryl methyl sites for hydroxylation is 2. The molecule has 1 aromatic rings. The van der Waals surface area contributed by atoms with Gasteiger partial charge < -0.3 is 10.5 Å². The van der Waals surface area contributed by atoms with Gasteiger partial charge >= 0.3 is 0 Å². The first-order valence-electron chi connectivity index (χ1n) is 5.06. The predicted molar refractivity (Wildman–Crippen MR) is 59.8 cm³/mol. The molecule has 0 saturated carbocycles. The first-order valence-corrected chi connectivity index (χ1v) is 5.06. The highest BCUT2D eigenvalue weighted by Gasteiger charge is 2.03. The third kappa shape index (κ3) is 2.74. The van der Waals surface area contributed by atoms with E-state index in [1.807, 2.05) is 0 Å². The van der Waals surface area contributed by atoms with E-state index >= 15 is 0 Å². The molecule has 0 aliphatic rings. The molecule has 0 atom stereocenters. The summed E-state index contributed by atoms with van der Waals surface area (Å²) in [5, 5.41) is 0. The third-order valence-electron chi connectivity index (χ3n) is 2.37. The maximum atomic E-state index is 5.66. The maximum absolute atomic E-state index is 5.66. The lowest BCUT2D eigenvalue weighted by Gasteiger charge is -2.11. The van der Waals surface area contributed by atoms with Crippen molar-refractivity contribution in [2.75, 3.05) is 13.2 Å². The predicted octanol–water partition coefficient (Wildman–Crippen LogP) is 2.34. The van der Waals surface area contributed by atoms with Crippen molar-refractivity contribution in [3.05, 3.63) is 28.8 Å². The summed E-state index contributed by atoms with van der Waals surface area (Å²) in [6.07, 6.45) is 0.909. The van der Waals surface area contributed by atoms with E-state index in [1.165, 1.54) is 16.7 Å². The Hall–Kier alpha value is -1.02. The van der Waals surface area contributed by atoms with E-state index in [0.29, 0.717) is 13.2 Å². The Morgan fingerprint density at radius 2 is 1.93 bits per heavy atom. The Morgan fingerprint density at radius 1 is 1.21 bits per heavy atom. The number of hydrogen-bond acceptors (Lipinski definition) is 2. The summed E-state index contributed by atoms with van der Waals surface area (Å²) < 4.78 is 5.66. The average molecular weight is 193 g/mol. The van der Waals surface area contributed by atoms with Crippen LogP contribution in [-0.2, 0) is 0 Å². The van der Waals surface area contributed by atoms with Crippen LogP contribution in [0.3, 0.4) is 0 Å². The Balaban J connectivity index is 2.75. The van der Waals surface area contributed by atoms with Gasteiger partial charge in [-0.15, -0.1) is 0 Å². The van der Waals surface area contributed by atoms with Crippen molar-refractivity contribution < 1.29 is 4.74 Å². The zero-order chi connectivity index (χ0) is 10.6. The second-order valence-electron chi connectivity index (χ2n) is 3.70. The number of benzene rings is 1. The van der Waals surface area contributed by atoms with E-state index in [4.69, 9.17) is 10.5 Å². The van der Waals surface area contributed by atoms with E-state index in [9.17, 15) is 0 Å². The van der Waals surface area contributed by atoms with Crippen LogP contribution in [0.25, 0.3) is 0 Å². The Labute approximate surface area is 86.1 Å². The first kappa shape index (κ1) is 11.1. The first-order chi connectivity index (χ1) is 6.65. The Morgan fingerprint density at radius 3 is 2.57 bits per heavy atom. The van der Waals surface area contributed by atoms with Crippen LogP contribution in [0, 0.1) is 20.8 Å². The highest BCUT2D eigenvalue weighted by Crippen LogP contribution is 2.23. The lowest BCUT2D eigenvalue weighted by molar-refractivity contribution is 0.311. The monoisotopic (exact) mass is 193 g/mol. The molecule has 0 spiro atoms.